The van der Waals surface area contributed by atoms with Crippen LogP contribution in [0.5, 0.6) is 5.88 Å². The second-order valence-corrected chi connectivity index (χ2v) is 6.41. The van der Waals surface area contributed by atoms with Gasteiger partial charge in [0.1, 0.15) is 11.6 Å². The Hall–Kier alpha value is -1.62. The van der Waals surface area contributed by atoms with Crippen LogP contribution in [0, 0.1) is 0 Å². The normalized spacial score (nSPS) is 17.6. The maximum absolute atomic E-state index is 6.08. The quantitative estimate of drug-likeness (QED) is 0.911. The lowest BCUT2D eigenvalue weighted by molar-refractivity contribution is 0.157. The van der Waals surface area contributed by atoms with E-state index in [1.807, 2.05) is 10.7 Å². The lowest BCUT2D eigenvalue weighted by atomic mass is 9.92. The average molecular weight is 274 g/mol. The summed E-state index contributed by atoms with van der Waals surface area (Å²) in [7, 11) is 0. The Morgan fingerprint density at radius 3 is 2.75 bits per heavy atom. The molecule has 0 spiro atoms. The zero-order valence-electron chi connectivity index (χ0n) is 12.4. The minimum Gasteiger partial charge on any atom is -0.473 e. The molecule has 108 valence electrons. The van der Waals surface area contributed by atoms with E-state index in [0.717, 1.165) is 37.1 Å². The molecule has 0 aliphatic carbocycles. The van der Waals surface area contributed by atoms with E-state index in [0.29, 0.717) is 5.88 Å². The summed E-state index contributed by atoms with van der Waals surface area (Å²) < 4.78 is 7.95. The Morgan fingerprint density at radius 1 is 1.30 bits per heavy atom. The molecule has 0 saturated carbocycles. The topological polar surface area (TPSA) is 51.5 Å². The number of nitrogens with zero attached hydrogens (tertiary/aromatic N) is 3. The molecule has 1 saturated heterocycles. The maximum atomic E-state index is 6.08. The smallest absolute Gasteiger partial charge is 0.240 e. The van der Waals surface area contributed by atoms with E-state index in [9.17, 15) is 0 Å². The van der Waals surface area contributed by atoms with E-state index >= 15 is 0 Å². The standard InChI is InChI=1S/C15H22N4O/c1-15(2,3)13-10-12-14(17-8-9-19(12)18-13)20-11-4-6-16-7-5-11/h8-11,16H,4-7H2,1-3H3. The van der Waals surface area contributed by atoms with E-state index in [2.05, 4.69) is 42.2 Å². The lowest BCUT2D eigenvalue weighted by Crippen LogP contribution is -2.34. The number of rotatable bonds is 2. The van der Waals surface area contributed by atoms with Crippen molar-refractivity contribution < 1.29 is 4.74 Å². The van der Waals surface area contributed by atoms with Gasteiger partial charge in [-0.15, -0.1) is 0 Å². The van der Waals surface area contributed by atoms with Crippen LogP contribution in [0.25, 0.3) is 5.52 Å². The zero-order chi connectivity index (χ0) is 14.2. The van der Waals surface area contributed by atoms with E-state index in [1.54, 1.807) is 6.20 Å². The minimum atomic E-state index is 0.0258. The molecule has 0 unspecified atom stereocenters. The first-order chi connectivity index (χ1) is 9.54. The van der Waals surface area contributed by atoms with Crippen LogP contribution < -0.4 is 10.1 Å². The molecule has 1 N–H and O–H groups in total. The lowest BCUT2D eigenvalue weighted by Gasteiger charge is -2.23. The highest BCUT2D eigenvalue weighted by Crippen LogP contribution is 2.26. The summed E-state index contributed by atoms with van der Waals surface area (Å²) in [6.07, 6.45) is 5.94. The first-order valence-electron chi connectivity index (χ1n) is 7.26. The number of hydrogen-bond acceptors (Lipinski definition) is 4. The molecule has 5 nitrogen and oxygen atoms in total. The number of nitrogens with one attached hydrogen (secondary N) is 1. The number of piperidine rings is 1. The third-order valence-electron chi connectivity index (χ3n) is 3.69. The third kappa shape index (κ3) is 2.63. The second-order valence-electron chi connectivity index (χ2n) is 6.41. The molecule has 2 aromatic rings. The van der Waals surface area contributed by atoms with Crippen LogP contribution >= 0.6 is 0 Å². The molecule has 0 bridgehead atoms. The van der Waals surface area contributed by atoms with Crippen molar-refractivity contribution in [1.82, 2.24) is 19.9 Å². The molecule has 1 aliphatic heterocycles. The molecule has 1 fully saturated rings. The highest BCUT2D eigenvalue weighted by molar-refractivity contribution is 5.57. The van der Waals surface area contributed by atoms with Gasteiger partial charge in [0, 0.05) is 17.8 Å². The monoisotopic (exact) mass is 274 g/mol. The molecule has 3 rings (SSSR count). The van der Waals surface area contributed by atoms with Crippen LogP contribution in [0.15, 0.2) is 18.5 Å². The van der Waals surface area contributed by atoms with Crippen LogP contribution in [0.2, 0.25) is 0 Å². The molecule has 1 aliphatic rings. The van der Waals surface area contributed by atoms with Crippen molar-refractivity contribution in [3.63, 3.8) is 0 Å². The SMILES string of the molecule is CC(C)(C)c1cc2c(OC3CCNCC3)nccn2n1. The van der Waals surface area contributed by atoms with Gasteiger partial charge in [0.15, 0.2) is 0 Å². The van der Waals surface area contributed by atoms with Crippen LogP contribution in [0.4, 0.5) is 0 Å². The molecule has 0 radical (unpaired) electrons. The van der Waals surface area contributed by atoms with Crippen molar-refractivity contribution in [3.05, 3.63) is 24.2 Å². The van der Waals surface area contributed by atoms with Crippen molar-refractivity contribution in [1.29, 1.82) is 0 Å². The first kappa shape index (κ1) is 13.4. The van der Waals surface area contributed by atoms with Crippen molar-refractivity contribution in [2.75, 3.05) is 13.1 Å². The van der Waals surface area contributed by atoms with E-state index < -0.39 is 0 Å². The molecular weight excluding hydrogens is 252 g/mol. The van der Waals surface area contributed by atoms with Gasteiger partial charge in [-0.05, 0) is 32.0 Å². The van der Waals surface area contributed by atoms with Gasteiger partial charge in [0.05, 0.1) is 5.69 Å². The molecule has 2 aromatic heterocycles. The Labute approximate surface area is 119 Å². The Balaban J connectivity index is 1.92. The van der Waals surface area contributed by atoms with E-state index in [4.69, 9.17) is 4.74 Å². The third-order valence-corrected chi connectivity index (χ3v) is 3.69. The minimum absolute atomic E-state index is 0.0258. The van der Waals surface area contributed by atoms with Gasteiger partial charge in [0.2, 0.25) is 5.88 Å². The Bertz CT molecular complexity index is 593. The summed E-state index contributed by atoms with van der Waals surface area (Å²) in [6, 6.07) is 2.09. The Morgan fingerprint density at radius 2 is 2.05 bits per heavy atom. The fraction of sp³-hybridized carbons (Fsp3) is 0.600. The fourth-order valence-corrected chi connectivity index (χ4v) is 2.43. The maximum Gasteiger partial charge on any atom is 0.240 e. The molecule has 0 atom stereocenters. The summed E-state index contributed by atoms with van der Waals surface area (Å²) in [5.74, 6) is 0.697. The van der Waals surface area contributed by atoms with Gasteiger partial charge < -0.3 is 10.1 Å². The molecule has 0 aromatic carbocycles. The van der Waals surface area contributed by atoms with Gasteiger partial charge in [-0.2, -0.15) is 5.10 Å². The highest BCUT2D eigenvalue weighted by Gasteiger charge is 2.21. The zero-order valence-corrected chi connectivity index (χ0v) is 12.4. The molecular formula is C15H22N4O. The Kier molecular flexibility index (Phi) is 3.38. The van der Waals surface area contributed by atoms with E-state index in [1.165, 1.54) is 0 Å². The fourth-order valence-electron chi connectivity index (χ4n) is 2.43. The van der Waals surface area contributed by atoms with Gasteiger partial charge >= 0.3 is 0 Å². The number of aromatic nitrogens is 3. The average Bonchev–Trinajstić information content (AvgIpc) is 2.85. The van der Waals surface area contributed by atoms with Crippen LogP contribution in [-0.4, -0.2) is 33.8 Å². The van der Waals surface area contributed by atoms with Gasteiger partial charge in [-0.25, -0.2) is 9.50 Å². The van der Waals surface area contributed by atoms with Gasteiger partial charge in [-0.3, -0.25) is 0 Å². The summed E-state index contributed by atoms with van der Waals surface area (Å²) in [5, 5.41) is 7.97. The van der Waals surface area contributed by atoms with Crippen molar-refractivity contribution in [2.45, 2.75) is 45.1 Å². The number of fused-ring (bicyclic) bond motifs is 1. The molecule has 5 heteroatoms. The highest BCUT2D eigenvalue weighted by atomic mass is 16.5. The van der Waals surface area contributed by atoms with Crippen LogP contribution in [0.1, 0.15) is 39.3 Å². The second kappa shape index (κ2) is 5.05. The van der Waals surface area contributed by atoms with Crippen molar-refractivity contribution >= 4 is 5.52 Å². The van der Waals surface area contributed by atoms with Crippen molar-refractivity contribution in [3.8, 4) is 5.88 Å². The van der Waals surface area contributed by atoms with Gasteiger partial charge in [-0.1, -0.05) is 20.8 Å². The van der Waals surface area contributed by atoms with Crippen LogP contribution in [0.3, 0.4) is 0 Å². The summed E-state index contributed by atoms with van der Waals surface area (Å²) in [4.78, 5) is 4.39. The molecule has 3 heterocycles. The summed E-state index contributed by atoms with van der Waals surface area (Å²) in [5.41, 5.74) is 2.04. The van der Waals surface area contributed by atoms with Gasteiger partial charge in [0.25, 0.3) is 0 Å². The predicted octanol–water partition coefficient (Wildman–Crippen LogP) is 2.16. The summed E-state index contributed by atoms with van der Waals surface area (Å²) in [6.45, 7) is 8.52. The number of ether oxygens (including phenoxy) is 1. The van der Waals surface area contributed by atoms with Crippen LogP contribution in [-0.2, 0) is 5.41 Å². The predicted molar refractivity (Wildman–Crippen MR) is 78.2 cm³/mol. The largest absolute Gasteiger partial charge is 0.473 e. The summed E-state index contributed by atoms with van der Waals surface area (Å²) >= 11 is 0. The molecule has 0 amide bonds. The van der Waals surface area contributed by atoms with E-state index in [-0.39, 0.29) is 11.5 Å². The molecule has 20 heavy (non-hydrogen) atoms. The number of hydrogen-bond donors (Lipinski definition) is 1. The van der Waals surface area contributed by atoms with Crippen molar-refractivity contribution in [2.24, 2.45) is 0 Å². The first-order valence-corrected chi connectivity index (χ1v) is 7.26.